The molecule has 1 aromatic rings. The second kappa shape index (κ2) is 17.7. The van der Waals surface area contributed by atoms with Crippen LogP contribution in [0.25, 0.3) is 0 Å². The highest BCUT2D eigenvalue weighted by Gasteiger charge is 1.96. The molecule has 0 aliphatic rings. The first-order chi connectivity index (χ1) is 12.8. The maximum absolute atomic E-state index is 5.72. The zero-order chi connectivity index (χ0) is 18.7. The van der Waals surface area contributed by atoms with E-state index in [2.05, 4.69) is 25.6 Å². The van der Waals surface area contributed by atoms with Crippen LogP contribution in [0.5, 0.6) is 5.75 Å². The standard InChI is InChI=1S/C23H40O2S/c1-22(2)24-19-15-21-26-20-14-9-7-5-3-4-6-8-13-18-25-23-16-11-10-12-17-23/h10-12,16-17,22H,3-9,13-15,18-21H2,1-2H3. The van der Waals surface area contributed by atoms with Crippen molar-refractivity contribution in [1.82, 2.24) is 0 Å². The second-order valence-electron chi connectivity index (χ2n) is 7.23. The van der Waals surface area contributed by atoms with Crippen LogP contribution in [0, 0.1) is 0 Å². The van der Waals surface area contributed by atoms with Gasteiger partial charge in [0.1, 0.15) is 5.75 Å². The fourth-order valence-corrected chi connectivity index (χ4v) is 3.77. The van der Waals surface area contributed by atoms with Crippen molar-refractivity contribution in [3.63, 3.8) is 0 Å². The van der Waals surface area contributed by atoms with Crippen LogP contribution in [0.15, 0.2) is 30.3 Å². The van der Waals surface area contributed by atoms with Crippen molar-refractivity contribution in [2.24, 2.45) is 0 Å². The molecule has 0 amide bonds. The maximum atomic E-state index is 5.72. The molecule has 1 rings (SSSR count). The SMILES string of the molecule is CC(C)OCCCSCCCCCCCCCCCOc1ccccc1. The zero-order valence-electron chi connectivity index (χ0n) is 17.1. The lowest BCUT2D eigenvalue weighted by Gasteiger charge is -2.07. The minimum Gasteiger partial charge on any atom is -0.494 e. The van der Waals surface area contributed by atoms with Crippen LogP contribution in [0.4, 0.5) is 0 Å². The third-order valence-corrected chi connectivity index (χ3v) is 5.48. The van der Waals surface area contributed by atoms with Gasteiger partial charge in [-0.25, -0.2) is 0 Å². The Balaban J connectivity index is 1.70. The number of ether oxygens (including phenoxy) is 2. The van der Waals surface area contributed by atoms with E-state index >= 15 is 0 Å². The van der Waals surface area contributed by atoms with E-state index in [-0.39, 0.29) is 0 Å². The van der Waals surface area contributed by atoms with E-state index in [0.29, 0.717) is 6.10 Å². The van der Waals surface area contributed by atoms with Crippen molar-refractivity contribution < 1.29 is 9.47 Å². The van der Waals surface area contributed by atoms with Gasteiger partial charge in [-0.15, -0.1) is 0 Å². The highest BCUT2D eigenvalue weighted by molar-refractivity contribution is 7.99. The minimum atomic E-state index is 0.377. The van der Waals surface area contributed by atoms with Gasteiger partial charge >= 0.3 is 0 Å². The molecular weight excluding hydrogens is 340 g/mol. The Kier molecular flexibility index (Phi) is 15.9. The molecule has 0 unspecified atom stereocenters. The average Bonchev–Trinajstić information content (AvgIpc) is 2.65. The summed E-state index contributed by atoms with van der Waals surface area (Å²) in [6, 6.07) is 10.1. The number of thioether (sulfide) groups is 1. The molecule has 0 aliphatic heterocycles. The van der Waals surface area contributed by atoms with Crippen LogP contribution in [-0.4, -0.2) is 30.8 Å². The van der Waals surface area contributed by atoms with Crippen LogP contribution < -0.4 is 4.74 Å². The number of benzene rings is 1. The molecule has 0 spiro atoms. The van der Waals surface area contributed by atoms with Crippen molar-refractivity contribution in [3.05, 3.63) is 30.3 Å². The van der Waals surface area contributed by atoms with Crippen LogP contribution >= 0.6 is 11.8 Å². The van der Waals surface area contributed by atoms with E-state index in [9.17, 15) is 0 Å². The van der Waals surface area contributed by atoms with Gasteiger partial charge in [0.2, 0.25) is 0 Å². The normalized spacial score (nSPS) is 11.2. The van der Waals surface area contributed by atoms with Gasteiger partial charge in [-0.3, -0.25) is 0 Å². The van der Waals surface area contributed by atoms with Gasteiger partial charge in [-0.2, -0.15) is 11.8 Å². The van der Waals surface area contributed by atoms with Crippen molar-refractivity contribution >= 4 is 11.8 Å². The first-order valence-corrected chi connectivity index (χ1v) is 11.8. The molecule has 0 saturated heterocycles. The highest BCUT2D eigenvalue weighted by atomic mass is 32.2. The van der Waals surface area contributed by atoms with E-state index in [1.165, 1.54) is 75.7 Å². The fourth-order valence-electron chi connectivity index (χ4n) is 2.83. The van der Waals surface area contributed by atoms with Crippen LogP contribution in [-0.2, 0) is 4.74 Å². The Morgan fingerprint density at radius 1 is 0.692 bits per heavy atom. The van der Waals surface area contributed by atoms with Crippen molar-refractivity contribution in [2.75, 3.05) is 24.7 Å². The topological polar surface area (TPSA) is 18.5 Å². The molecule has 150 valence electrons. The van der Waals surface area contributed by atoms with Gasteiger partial charge in [0.15, 0.2) is 0 Å². The lowest BCUT2D eigenvalue weighted by Crippen LogP contribution is -2.04. The number of rotatable bonds is 18. The molecule has 0 saturated carbocycles. The largest absolute Gasteiger partial charge is 0.494 e. The van der Waals surface area contributed by atoms with Gasteiger partial charge in [0, 0.05) is 6.61 Å². The summed E-state index contributed by atoms with van der Waals surface area (Å²) in [6.45, 7) is 5.98. The monoisotopic (exact) mass is 380 g/mol. The summed E-state index contributed by atoms with van der Waals surface area (Å²) in [7, 11) is 0. The smallest absolute Gasteiger partial charge is 0.119 e. The Labute approximate surface area is 166 Å². The zero-order valence-corrected chi connectivity index (χ0v) is 17.9. The lowest BCUT2D eigenvalue weighted by atomic mass is 10.1. The first kappa shape index (κ1) is 23.4. The predicted octanol–water partition coefficient (Wildman–Crippen LogP) is 7.12. The number of unbranched alkanes of at least 4 members (excludes halogenated alkanes) is 8. The third-order valence-electron chi connectivity index (χ3n) is 4.33. The van der Waals surface area contributed by atoms with E-state index < -0.39 is 0 Å². The molecule has 0 aliphatic carbocycles. The number of hydrogen-bond acceptors (Lipinski definition) is 3. The molecule has 0 bridgehead atoms. The average molecular weight is 381 g/mol. The molecule has 0 aromatic heterocycles. The summed E-state index contributed by atoms with van der Waals surface area (Å²) in [5.74, 6) is 3.57. The lowest BCUT2D eigenvalue weighted by molar-refractivity contribution is 0.0800. The molecule has 0 atom stereocenters. The van der Waals surface area contributed by atoms with Crippen LogP contribution in [0.3, 0.4) is 0 Å². The van der Waals surface area contributed by atoms with E-state index in [1.54, 1.807) is 0 Å². The molecule has 0 heterocycles. The summed E-state index contributed by atoms with van der Waals surface area (Å²) < 4.78 is 11.3. The van der Waals surface area contributed by atoms with Gasteiger partial charge in [0.05, 0.1) is 12.7 Å². The van der Waals surface area contributed by atoms with Crippen LogP contribution in [0.1, 0.15) is 78.1 Å². The summed E-state index contributed by atoms with van der Waals surface area (Å²) >= 11 is 2.09. The van der Waals surface area contributed by atoms with Crippen molar-refractivity contribution in [2.45, 2.75) is 84.2 Å². The van der Waals surface area contributed by atoms with Gasteiger partial charge in [0.25, 0.3) is 0 Å². The summed E-state index contributed by atoms with van der Waals surface area (Å²) in [5, 5.41) is 0. The maximum Gasteiger partial charge on any atom is 0.119 e. The Bertz CT molecular complexity index is 394. The number of para-hydroxylation sites is 1. The molecule has 0 fully saturated rings. The summed E-state index contributed by atoms with van der Waals surface area (Å²) in [4.78, 5) is 0. The molecule has 3 heteroatoms. The predicted molar refractivity (Wildman–Crippen MR) is 117 cm³/mol. The van der Waals surface area contributed by atoms with Crippen LogP contribution in [0.2, 0.25) is 0 Å². The summed E-state index contributed by atoms with van der Waals surface area (Å²) in [6.07, 6.45) is 13.8. The third kappa shape index (κ3) is 15.6. The van der Waals surface area contributed by atoms with Gasteiger partial charge in [-0.1, -0.05) is 63.1 Å². The van der Waals surface area contributed by atoms with Crippen molar-refractivity contribution in [3.8, 4) is 5.75 Å². The fraction of sp³-hybridized carbons (Fsp3) is 0.739. The minimum absolute atomic E-state index is 0.377. The number of hydrogen-bond donors (Lipinski definition) is 0. The molecular formula is C23H40O2S. The van der Waals surface area contributed by atoms with E-state index in [4.69, 9.17) is 9.47 Å². The van der Waals surface area contributed by atoms with E-state index in [0.717, 1.165) is 19.0 Å². The van der Waals surface area contributed by atoms with Gasteiger partial charge < -0.3 is 9.47 Å². The molecule has 1 aromatic carbocycles. The van der Waals surface area contributed by atoms with E-state index in [1.807, 2.05) is 30.3 Å². The Morgan fingerprint density at radius 3 is 1.92 bits per heavy atom. The Hall–Kier alpha value is -0.670. The van der Waals surface area contributed by atoms with Gasteiger partial charge in [-0.05, 0) is 56.7 Å². The summed E-state index contributed by atoms with van der Waals surface area (Å²) in [5.41, 5.74) is 0. The molecule has 0 N–H and O–H groups in total. The highest BCUT2D eigenvalue weighted by Crippen LogP contribution is 2.13. The molecule has 2 nitrogen and oxygen atoms in total. The van der Waals surface area contributed by atoms with Crippen molar-refractivity contribution in [1.29, 1.82) is 0 Å². The first-order valence-electron chi connectivity index (χ1n) is 10.7. The molecule has 0 radical (unpaired) electrons. The quantitative estimate of drug-likeness (QED) is 0.252. The molecule has 26 heavy (non-hydrogen) atoms. The second-order valence-corrected chi connectivity index (χ2v) is 8.45. The Morgan fingerprint density at radius 2 is 1.27 bits per heavy atom.